The largest absolute Gasteiger partial charge is 0.376 e. The van der Waals surface area contributed by atoms with Gasteiger partial charge in [0.2, 0.25) is 0 Å². The minimum Gasteiger partial charge on any atom is -0.376 e. The molecule has 26 heavy (non-hydrogen) atoms. The van der Waals surface area contributed by atoms with Gasteiger partial charge in [-0.1, -0.05) is 6.92 Å². The molecule has 0 bridgehead atoms. The van der Waals surface area contributed by atoms with E-state index < -0.39 is 0 Å². The van der Waals surface area contributed by atoms with Crippen molar-refractivity contribution in [3.63, 3.8) is 0 Å². The summed E-state index contributed by atoms with van der Waals surface area (Å²) in [6, 6.07) is 0.0334. The van der Waals surface area contributed by atoms with Crippen molar-refractivity contribution in [2.24, 2.45) is 11.7 Å². The molecule has 4 rings (SSSR count). The molecule has 0 aromatic carbocycles. The molecule has 0 amide bonds. The number of aromatic nitrogens is 2. The Morgan fingerprint density at radius 2 is 2.12 bits per heavy atom. The quantitative estimate of drug-likeness (QED) is 0.700. The molecular weight excluding hydrogens is 352 g/mol. The van der Waals surface area contributed by atoms with E-state index in [4.69, 9.17) is 10.5 Å². The van der Waals surface area contributed by atoms with Crippen molar-refractivity contribution in [1.29, 1.82) is 0 Å². The van der Waals surface area contributed by atoms with Crippen LogP contribution in [-0.2, 0) is 17.8 Å². The maximum absolute atomic E-state index is 13.1. The van der Waals surface area contributed by atoms with Gasteiger partial charge in [-0.05, 0) is 31.2 Å². The van der Waals surface area contributed by atoms with Crippen LogP contribution in [0.5, 0.6) is 0 Å². The van der Waals surface area contributed by atoms with Gasteiger partial charge < -0.3 is 15.8 Å². The van der Waals surface area contributed by atoms with E-state index in [1.807, 2.05) is 6.92 Å². The Balaban J connectivity index is 1.86. The van der Waals surface area contributed by atoms with Crippen LogP contribution in [0.3, 0.4) is 0 Å². The van der Waals surface area contributed by atoms with E-state index in [1.54, 1.807) is 4.57 Å². The Hall–Kier alpha value is -1.48. The molecular formula is C18H26N4O3S. The lowest BCUT2D eigenvalue weighted by Gasteiger charge is -2.27. The third-order valence-electron chi connectivity index (χ3n) is 5.53. The minimum absolute atomic E-state index is 0.0334. The molecule has 1 aliphatic heterocycles. The molecule has 0 radical (unpaired) electrons. The predicted octanol–water partition coefficient (Wildman–Crippen LogP) is 0.951. The second kappa shape index (κ2) is 6.92. The molecule has 2 fully saturated rings. The zero-order chi connectivity index (χ0) is 18.4. The molecule has 3 atom stereocenters. The Morgan fingerprint density at radius 3 is 2.69 bits per heavy atom. The summed E-state index contributed by atoms with van der Waals surface area (Å²) in [4.78, 5) is 28.2. The Bertz CT molecular complexity index is 941. The number of fused-ring (bicyclic) bond motifs is 1. The van der Waals surface area contributed by atoms with Gasteiger partial charge in [0.05, 0.1) is 18.0 Å². The van der Waals surface area contributed by atoms with E-state index in [2.05, 4.69) is 12.2 Å². The number of nitrogens with one attached hydrogen (secondary N) is 1. The van der Waals surface area contributed by atoms with Crippen molar-refractivity contribution in [3.8, 4) is 0 Å². The average Bonchev–Trinajstić information content (AvgIpc) is 3.17. The number of nitrogens with zero attached hydrogens (tertiary/aromatic N) is 2. The maximum Gasteiger partial charge on any atom is 0.332 e. The Kier molecular flexibility index (Phi) is 4.77. The zero-order valence-electron chi connectivity index (χ0n) is 15.3. The Morgan fingerprint density at radius 1 is 1.38 bits per heavy atom. The fourth-order valence-electron chi connectivity index (χ4n) is 3.63. The van der Waals surface area contributed by atoms with Crippen molar-refractivity contribution in [2.75, 3.05) is 19.7 Å². The van der Waals surface area contributed by atoms with Crippen molar-refractivity contribution in [3.05, 3.63) is 31.3 Å². The van der Waals surface area contributed by atoms with E-state index >= 15 is 0 Å². The normalized spacial score (nSPS) is 24.8. The van der Waals surface area contributed by atoms with Gasteiger partial charge in [-0.25, -0.2) is 4.79 Å². The molecule has 1 aliphatic carbocycles. The van der Waals surface area contributed by atoms with Crippen LogP contribution in [0.15, 0.2) is 9.59 Å². The van der Waals surface area contributed by atoms with Crippen LogP contribution in [0.4, 0.5) is 0 Å². The Labute approximate surface area is 155 Å². The number of thiophene rings is 1. The number of rotatable bonds is 7. The lowest BCUT2D eigenvalue weighted by molar-refractivity contribution is -0.0593. The summed E-state index contributed by atoms with van der Waals surface area (Å²) < 4.78 is 8.82. The minimum atomic E-state index is -0.185. The van der Waals surface area contributed by atoms with E-state index in [-0.39, 0.29) is 23.4 Å². The zero-order valence-corrected chi connectivity index (χ0v) is 16.1. The molecule has 3 heterocycles. The van der Waals surface area contributed by atoms with E-state index in [0.29, 0.717) is 30.9 Å². The summed E-state index contributed by atoms with van der Waals surface area (Å²) in [7, 11) is 0. The van der Waals surface area contributed by atoms with Crippen LogP contribution < -0.4 is 22.3 Å². The van der Waals surface area contributed by atoms with Crippen LogP contribution in [-0.4, -0.2) is 34.9 Å². The topological polar surface area (TPSA) is 91.3 Å². The molecule has 8 heteroatoms. The van der Waals surface area contributed by atoms with Gasteiger partial charge in [-0.15, -0.1) is 11.3 Å². The predicted molar refractivity (Wildman–Crippen MR) is 103 cm³/mol. The second-order valence-electron chi connectivity index (χ2n) is 7.43. The molecule has 142 valence electrons. The lowest BCUT2D eigenvalue weighted by atomic mass is 10.2. The highest BCUT2D eigenvalue weighted by Crippen LogP contribution is 2.41. The SMILES string of the molecule is Cc1c(CNCCN)sc2c1c(=O)n([C@H]1C[C@@H]1C)c(=O)n2CC1CCO1. The highest BCUT2D eigenvalue weighted by molar-refractivity contribution is 7.18. The maximum atomic E-state index is 13.1. The highest BCUT2D eigenvalue weighted by atomic mass is 32.1. The molecule has 2 aromatic heterocycles. The monoisotopic (exact) mass is 378 g/mol. The van der Waals surface area contributed by atoms with Crippen LogP contribution in [0.2, 0.25) is 0 Å². The van der Waals surface area contributed by atoms with Crippen molar-refractivity contribution < 1.29 is 4.74 Å². The van der Waals surface area contributed by atoms with Crippen LogP contribution >= 0.6 is 11.3 Å². The van der Waals surface area contributed by atoms with E-state index in [0.717, 1.165) is 41.3 Å². The van der Waals surface area contributed by atoms with Crippen LogP contribution in [0.25, 0.3) is 10.2 Å². The molecule has 2 aliphatic rings. The smallest absolute Gasteiger partial charge is 0.332 e. The first-order valence-corrected chi connectivity index (χ1v) is 10.1. The standard InChI is InChI=1S/C18H26N4O3S/c1-10-7-13(10)22-16(23)15-11(2)14(8-20-5-4-19)26-17(15)21(18(22)24)9-12-3-6-25-12/h10,12-13,20H,3-9,19H2,1-2H3/t10-,12?,13-/m0/s1. The summed E-state index contributed by atoms with van der Waals surface area (Å²) in [6.45, 7) is 7.29. The molecule has 1 unspecified atom stereocenters. The number of nitrogens with two attached hydrogens (primary N) is 1. The van der Waals surface area contributed by atoms with Crippen molar-refractivity contribution in [1.82, 2.24) is 14.5 Å². The molecule has 2 aromatic rings. The van der Waals surface area contributed by atoms with Gasteiger partial charge in [0.25, 0.3) is 5.56 Å². The summed E-state index contributed by atoms with van der Waals surface area (Å²) in [5.41, 5.74) is 6.21. The number of aryl methyl sites for hydroxylation is 1. The summed E-state index contributed by atoms with van der Waals surface area (Å²) >= 11 is 1.54. The fourth-order valence-corrected chi connectivity index (χ4v) is 4.90. The van der Waals surface area contributed by atoms with Gasteiger partial charge >= 0.3 is 5.69 Å². The summed E-state index contributed by atoms with van der Waals surface area (Å²) in [5.74, 6) is 0.385. The number of hydrogen-bond acceptors (Lipinski definition) is 6. The van der Waals surface area contributed by atoms with Gasteiger partial charge in [0.1, 0.15) is 4.83 Å². The van der Waals surface area contributed by atoms with E-state index in [9.17, 15) is 9.59 Å². The number of hydrogen-bond donors (Lipinski definition) is 2. The third kappa shape index (κ3) is 2.94. The van der Waals surface area contributed by atoms with Gasteiger partial charge in [0.15, 0.2) is 0 Å². The average molecular weight is 378 g/mol. The van der Waals surface area contributed by atoms with Crippen LogP contribution in [0, 0.1) is 12.8 Å². The van der Waals surface area contributed by atoms with E-state index in [1.165, 1.54) is 15.9 Å². The summed E-state index contributed by atoms with van der Waals surface area (Å²) in [6.07, 6.45) is 1.93. The molecule has 1 saturated carbocycles. The fraction of sp³-hybridized carbons (Fsp3) is 0.667. The van der Waals surface area contributed by atoms with Crippen LogP contribution in [0.1, 0.15) is 36.2 Å². The molecule has 3 N–H and O–H groups in total. The lowest BCUT2D eigenvalue weighted by Crippen LogP contribution is -2.43. The second-order valence-corrected chi connectivity index (χ2v) is 8.51. The highest BCUT2D eigenvalue weighted by Gasteiger charge is 2.38. The van der Waals surface area contributed by atoms with Gasteiger partial charge in [0, 0.05) is 37.2 Å². The van der Waals surface area contributed by atoms with Gasteiger partial charge in [-0.2, -0.15) is 0 Å². The van der Waals surface area contributed by atoms with Crippen molar-refractivity contribution >= 4 is 21.6 Å². The molecule has 7 nitrogen and oxygen atoms in total. The third-order valence-corrected chi connectivity index (χ3v) is 6.84. The molecule has 0 spiro atoms. The first kappa shape index (κ1) is 17.9. The van der Waals surface area contributed by atoms with Crippen molar-refractivity contribution in [2.45, 2.75) is 51.9 Å². The number of ether oxygens (including phenoxy) is 1. The first-order chi connectivity index (χ1) is 12.5. The first-order valence-electron chi connectivity index (χ1n) is 9.32. The summed E-state index contributed by atoms with van der Waals surface area (Å²) in [5, 5.41) is 3.98. The molecule has 1 saturated heterocycles. The van der Waals surface area contributed by atoms with Gasteiger partial charge in [-0.3, -0.25) is 13.9 Å².